The number of ether oxygens (including phenoxy) is 1. The molecule has 0 atom stereocenters. The van der Waals surface area contributed by atoms with E-state index in [2.05, 4.69) is 0 Å². The first-order chi connectivity index (χ1) is 7.58. The number of fused-ring (bicyclic) bond motifs is 1. The highest BCUT2D eigenvalue weighted by molar-refractivity contribution is 5.85. The molecular formula is C13H17NO2. The summed E-state index contributed by atoms with van der Waals surface area (Å²) in [5, 5.41) is 10.6. The van der Waals surface area contributed by atoms with Gasteiger partial charge >= 0.3 is 0 Å². The fraction of sp³-hybridized carbons (Fsp3) is 0.385. The summed E-state index contributed by atoms with van der Waals surface area (Å²) in [6.45, 7) is 4.66. The van der Waals surface area contributed by atoms with Crippen LogP contribution in [0, 0.1) is 0 Å². The van der Waals surface area contributed by atoms with Crippen LogP contribution < -0.4 is 0 Å². The van der Waals surface area contributed by atoms with E-state index >= 15 is 0 Å². The van der Waals surface area contributed by atoms with Gasteiger partial charge in [-0.1, -0.05) is 0 Å². The van der Waals surface area contributed by atoms with Crippen molar-refractivity contribution in [2.24, 2.45) is 7.05 Å². The normalized spacial score (nSPS) is 11.5. The number of benzene rings is 1. The third-order valence-corrected chi connectivity index (χ3v) is 2.63. The van der Waals surface area contributed by atoms with Crippen LogP contribution >= 0.6 is 0 Å². The monoisotopic (exact) mass is 219 g/mol. The van der Waals surface area contributed by atoms with Gasteiger partial charge in [0.05, 0.1) is 18.2 Å². The topological polar surface area (TPSA) is 34.4 Å². The van der Waals surface area contributed by atoms with Gasteiger partial charge in [-0.2, -0.15) is 0 Å². The highest BCUT2D eigenvalue weighted by Crippen LogP contribution is 2.25. The maximum atomic E-state index is 9.44. The molecular weight excluding hydrogens is 202 g/mol. The highest BCUT2D eigenvalue weighted by Gasteiger charge is 2.07. The third kappa shape index (κ3) is 2.04. The molecule has 0 spiro atoms. The van der Waals surface area contributed by atoms with Crippen LogP contribution in [0.25, 0.3) is 10.9 Å². The molecule has 16 heavy (non-hydrogen) atoms. The molecule has 0 aliphatic heterocycles. The molecule has 0 aliphatic rings. The van der Waals surface area contributed by atoms with E-state index in [0.717, 1.165) is 16.5 Å². The molecule has 0 radical (unpaired) electrons. The summed E-state index contributed by atoms with van der Waals surface area (Å²) in [6, 6.07) is 5.42. The number of nitrogens with zero attached hydrogens (tertiary/aromatic N) is 1. The van der Waals surface area contributed by atoms with Gasteiger partial charge in [-0.3, -0.25) is 0 Å². The Hall–Kier alpha value is -1.48. The van der Waals surface area contributed by atoms with Crippen LogP contribution in [-0.2, 0) is 18.4 Å². The van der Waals surface area contributed by atoms with Crippen LogP contribution in [0.1, 0.15) is 19.4 Å². The summed E-state index contributed by atoms with van der Waals surface area (Å²) in [6.07, 6.45) is 2.28. The van der Waals surface area contributed by atoms with Crippen molar-refractivity contribution in [2.75, 3.05) is 0 Å². The van der Waals surface area contributed by atoms with Crippen molar-refractivity contribution >= 4 is 10.9 Å². The Morgan fingerprint density at radius 2 is 2.12 bits per heavy atom. The molecule has 1 aromatic carbocycles. The molecule has 0 amide bonds. The number of aromatic nitrogens is 1. The first-order valence-corrected chi connectivity index (χ1v) is 5.46. The molecule has 1 N–H and O–H groups in total. The maximum Gasteiger partial charge on any atom is 0.117 e. The molecule has 0 unspecified atom stereocenters. The van der Waals surface area contributed by atoms with Gasteiger partial charge in [0.15, 0.2) is 0 Å². The molecule has 2 aromatic rings. The zero-order valence-electron chi connectivity index (χ0n) is 9.90. The van der Waals surface area contributed by atoms with Crippen LogP contribution in [0.5, 0.6) is 5.75 Å². The molecule has 1 aromatic heterocycles. The van der Waals surface area contributed by atoms with Gasteiger partial charge in [-0.15, -0.1) is 0 Å². The van der Waals surface area contributed by atoms with Gasteiger partial charge in [0, 0.05) is 30.3 Å². The van der Waals surface area contributed by atoms with E-state index in [4.69, 9.17) is 4.74 Å². The van der Waals surface area contributed by atoms with Gasteiger partial charge < -0.3 is 14.4 Å². The predicted octanol–water partition coefficient (Wildman–Crippen LogP) is 2.81. The Bertz CT molecular complexity index is 500. The van der Waals surface area contributed by atoms with E-state index in [-0.39, 0.29) is 6.10 Å². The predicted molar refractivity (Wildman–Crippen MR) is 64.5 cm³/mol. The Balaban J connectivity index is 2.39. The van der Waals surface area contributed by atoms with Crippen molar-refractivity contribution < 1.29 is 9.84 Å². The van der Waals surface area contributed by atoms with Gasteiger partial charge in [-0.05, 0) is 26.0 Å². The van der Waals surface area contributed by atoms with Crippen molar-refractivity contribution in [2.45, 2.75) is 26.6 Å². The standard InChI is InChI=1S/C13H17NO2/c1-9(2)16-8-10-7-14(3)13-6-11(15)4-5-12(10)13/h4-7,9,15H,8H2,1-3H3. The van der Waals surface area contributed by atoms with Crippen LogP contribution in [0.2, 0.25) is 0 Å². The molecule has 0 fully saturated rings. The summed E-state index contributed by atoms with van der Waals surface area (Å²) < 4.78 is 7.61. The number of hydrogen-bond donors (Lipinski definition) is 1. The second-order valence-electron chi connectivity index (χ2n) is 4.33. The Morgan fingerprint density at radius 1 is 1.38 bits per heavy atom. The minimum atomic E-state index is 0.229. The third-order valence-electron chi connectivity index (χ3n) is 2.63. The van der Waals surface area contributed by atoms with Crippen LogP contribution in [0.15, 0.2) is 24.4 Å². The average molecular weight is 219 g/mol. The minimum Gasteiger partial charge on any atom is -0.508 e. The fourth-order valence-corrected chi connectivity index (χ4v) is 1.83. The lowest BCUT2D eigenvalue weighted by Gasteiger charge is -2.06. The molecule has 2 rings (SSSR count). The summed E-state index contributed by atoms with van der Waals surface area (Å²) in [5.74, 6) is 0.296. The smallest absolute Gasteiger partial charge is 0.117 e. The number of aromatic hydroxyl groups is 1. The van der Waals surface area contributed by atoms with Gasteiger partial charge in [0.2, 0.25) is 0 Å². The molecule has 0 bridgehead atoms. The van der Waals surface area contributed by atoms with Crippen molar-refractivity contribution in [3.63, 3.8) is 0 Å². The average Bonchev–Trinajstić information content (AvgIpc) is 2.53. The molecule has 0 saturated heterocycles. The summed E-state index contributed by atoms with van der Waals surface area (Å²) >= 11 is 0. The summed E-state index contributed by atoms with van der Waals surface area (Å²) in [4.78, 5) is 0. The molecule has 0 saturated carbocycles. The lowest BCUT2D eigenvalue weighted by Crippen LogP contribution is -2.01. The summed E-state index contributed by atoms with van der Waals surface area (Å²) in [5.41, 5.74) is 2.19. The maximum absolute atomic E-state index is 9.44. The second-order valence-corrected chi connectivity index (χ2v) is 4.33. The van der Waals surface area contributed by atoms with E-state index in [9.17, 15) is 5.11 Å². The lowest BCUT2D eigenvalue weighted by atomic mass is 10.2. The van der Waals surface area contributed by atoms with Crippen LogP contribution in [-0.4, -0.2) is 15.8 Å². The summed E-state index contributed by atoms with van der Waals surface area (Å²) in [7, 11) is 1.97. The zero-order valence-corrected chi connectivity index (χ0v) is 9.90. The van der Waals surface area contributed by atoms with Gasteiger partial charge in [0.1, 0.15) is 5.75 Å². The quantitative estimate of drug-likeness (QED) is 0.861. The van der Waals surface area contributed by atoms with E-state index < -0.39 is 0 Å². The number of aryl methyl sites for hydroxylation is 1. The molecule has 86 valence electrons. The largest absolute Gasteiger partial charge is 0.508 e. The second kappa shape index (κ2) is 4.18. The van der Waals surface area contributed by atoms with Crippen molar-refractivity contribution in [1.82, 2.24) is 4.57 Å². The zero-order chi connectivity index (χ0) is 11.7. The van der Waals surface area contributed by atoms with E-state index in [1.54, 1.807) is 12.1 Å². The fourth-order valence-electron chi connectivity index (χ4n) is 1.83. The Labute approximate surface area is 95.3 Å². The number of phenols is 1. The van der Waals surface area contributed by atoms with Crippen molar-refractivity contribution in [3.8, 4) is 5.75 Å². The Morgan fingerprint density at radius 3 is 2.81 bits per heavy atom. The number of hydrogen-bond acceptors (Lipinski definition) is 2. The van der Waals surface area contributed by atoms with Crippen molar-refractivity contribution in [1.29, 1.82) is 0 Å². The number of rotatable bonds is 3. The first kappa shape index (κ1) is 11.0. The van der Waals surface area contributed by atoms with E-state index in [1.165, 1.54) is 0 Å². The van der Waals surface area contributed by atoms with Crippen molar-refractivity contribution in [3.05, 3.63) is 30.0 Å². The van der Waals surface area contributed by atoms with Gasteiger partial charge in [0.25, 0.3) is 0 Å². The molecule has 3 heteroatoms. The van der Waals surface area contributed by atoms with Gasteiger partial charge in [-0.25, -0.2) is 0 Å². The number of phenolic OH excluding ortho intramolecular Hbond substituents is 1. The SMILES string of the molecule is CC(C)OCc1cn(C)c2cc(O)ccc12. The Kier molecular flexibility index (Phi) is 2.88. The molecule has 1 heterocycles. The van der Waals surface area contributed by atoms with Crippen LogP contribution in [0.4, 0.5) is 0 Å². The molecule has 3 nitrogen and oxygen atoms in total. The molecule has 0 aliphatic carbocycles. The van der Waals surface area contributed by atoms with E-state index in [0.29, 0.717) is 12.4 Å². The first-order valence-electron chi connectivity index (χ1n) is 5.46. The highest BCUT2D eigenvalue weighted by atomic mass is 16.5. The van der Waals surface area contributed by atoms with Crippen LogP contribution in [0.3, 0.4) is 0 Å². The lowest BCUT2D eigenvalue weighted by molar-refractivity contribution is 0.0663. The van der Waals surface area contributed by atoms with E-state index in [1.807, 2.05) is 37.7 Å². The minimum absolute atomic E-state index is 0.229.